The molecule has 3 aromatic rings. The summed E-state index contributed by atoms with van der Waals surface area (Å²) in [4.78, 5) is 11.6. The molecule has 134 valence electrons. The Balaban J connectivity index is 1.57. The average Bonchev–Trinajstić information content (AvgIpc) is 3.07. The van der Waals surface area contributed by atoms with Gasteiger partial charge in [0.15, 0.2) is 0 Å². The van der Waals surface area contributed by atoms with Gasteiger partial charge in [0.05, 0.1) is 17.6 Å². The lowest BCUT2D eigenvalue weighted by Gasteiger charge is -2.32. The van der Waals surface area contributed by atoms with Crippen LogP contribution >= 0.6 is 0 Å². The number of aromatic nitrogens is 4. The lowest BCUT2D eigenvalue weighted by Crippen LogP contribution is -2.34. The van der Waals surface area contributed by atoms with E-state index in [1.165, 1.54) is 17.7 Å². The molecule has 0 N–H and O–H groups in total. The molecule has 1 aromatic carbocycles. The molecule has 1 aliphatic heterocycles. The highest BCUT2D eigenvalue weighted by molar-refractivity contribution is 5.62. The number of benzene rings is 1. The van der Waals surface area contributed by atoms with Gasteiger partial charge in [0.1, 0.15) is 5.82 Å². The van der Waals surface area contributed by atoms with Crippen molar-refractivity contribution < 1.29 is 4.39 Å². The maximum absolute atomic E-state index is 13.7. The Morgan fingerprint density at radius 3 is 2.92 bits per heavy atom. The van der Waals surface area contributed by atoms with Crippen molar-refractivity contribution in [1.29, 1.82) is 0 Å². The molecule has 1 atom stereocenters. The Morgan fingerprint density at radius 1 is 1.23 bits per heavy atom. The van der Waals surface area contributed by atoms with E-state index in [1.807, 2.05) is 24.0 Å². The lowest BCUT2D eigenvalue weighted by atomic mass is 9.91. The van der Waals surface area contributed by atoms with E-state index in [9.17, 15) is 4.39 Å². The summed E-state index contributed by atoms with van der Waals surface area (Å²) in [7, 11) is 1.94. The van der Waals surface area contributed by atoms with Crippen LogP contribution in [0.25, 0.3) is 11.3 Å². The third-order valence-corrected chi connectivity index (χ3v) is 4.88. The molecule has 0 saturated carbocycles. The fraction of sp³-hybridized carbons (Fsp3) is 0.350. The summed E-state index contributed by atoms with van der Waals surface area (Å²) in [5.41, 5.74) is 3.77. The monoisotopic (exact) mass is 351 g/mol. The second-order valence-corrected chi connectivity index (χ2v) is 6.90. The van der Waals surface area contributed by atoms with Gasteiger partial charge < -0.3 is 0 Å². The Kier molecular flexibility index (Phi) is 4.75. The Labute approximate surface area is 152 Å². The van der Waals surface area contributed by atoms with Crippen molar-refractivity contribution in [3.05, 3.63) is 66.1 Å². The highest BCUT2D eigenvalue weighted by Crippen LogP contribution is 2.32. The number of hydrogen-bond acceptors (Lipinski definition) is 4. The van der Waals surface area contributed by atoms with Crippen LogP contribution in [0.1, 0.15) is 30.0 Å². The van der Waals surface area contributed by atoms with Crippen molar-refractivity contribution in [3.8, 4) is 11.3 Å². The minimum absolute atomic E-state index is 0.249. The third-order valence-electron chi connectivity index (χ3n) is 4.88. The molecule has 1 saturated heterocycles. The fourth-order valence-electron chi connectivity index (χ4n) is 3.74. The topological polar surface area (TPSA) is 46.8 Å². The number of hydrogen-bond donors (Lipinski definition) is 0. The Hall–Kier alpha value is -2.60. The number of nitrogens with zero attached hydrogens (tertiary/aromatic N) is 5. The molecule has 5 nitrogen and oxygen atoms in total. The summed E-state index contributed by atoms with van der Waals surface area (Å²) in [6.07, 6.45) is 9.58. The van der Waals surface area contributed by atoms with E-state index in [0.29, 0.717) is 5.92 Å². The summed E-state index contributed by atoms with van der Waals surface area (Å²) in [6, 6.07) is 6.60. The standard InChI is InChI=1S/C20H22FN5/c1-25-12-15(11-24-25)13-26-9-3-5-17(14-26)20-19(22-7-8-23-20)16-4-2-6-18(21)10-16/h2,4,6-8,10-12,17H,3,5,9,13-14H2,1H3/t17-/m0/s1. The van der Waals surface area contributed by atoms with Crippen LogP contribution in [0.3, 0.4) is 0 Å². The first-order valence-electron chi connectivity index (χ1n) is 8.96. The zero-order valence-electron chi connectivity index (χ0n) is 14.8. The molecule has 1 aliphatic rings. The highest BCUT2D eigenvalue weighted by Gasteiger charge is 2.25. The summed E-state index contributed by atoms with van der Waals surface area (Å²) in [6.45, 7) is 2.89. The van der Waals surface area contributed by atoms with Crippen molar-refractivity contribution in [2.75, 3.05) is 13.1 Å². The first-order valence-corrected chi connectivity index (χ1v) is 8.96. The molecule has 26 heavy (non-hydrogen) atoms. The van der Waals surface area contributed by atoms with Gasteiger partial charge in [0.25, 0.3) is 0 Å². The van der Waals surface area contributed by atoms with Crippen molar-refractivity contribution in [2.24, 2.45) is 7.05 Å². The summed E-state index contributed by atoms with van der Waals surface area (Å²) < 4.78 is 15.5. The average molecular weight is 351 g/mol. The van der Waals surface area contributed by atoms with Crippen molar-refractivity contribution in [3.63, 3.8) is 0 Å². The van der Waals surface area contributed by atoms with Crippen LogP contribution in [0.15, 0.2) is 49.1 Å². The van der Waals surface area contributed by atoms with Crippen LogP contribution in [0.4, 0.5) is 4.39 Å². The van der Waals surface area contributed by atoms with Crippen LogP contribution in [0.2, 0.25) is 0 Å². The van der Waals surface area contributed by atoms with Crippen molar-refractivity contribution in [1.82, 2.24) is 24.6 Å². The molecule has 0 aliphatic carbocycles. The molecule has 4 rings (SSSR count). The smallest absolute Gasteiger partial charge is 0.123 e. The second-order valence-electron chi connectivity index (χ2n) is 6.90. The van der Waals surface area contributed by atoms with E-state index < -0.39 is 0 Å². The quantitative estimate of drug-likeness (QED) is 0.723. The fourth-order valence-corrected chi connectivity index (χ4v) is 3.74. The van der Waals surface area contributed by atoms with Crippen LogP contribution < -0.4 is 0 Å². The van der Waals surface area contributed by atoms with Crippen LogP contribution in [0, 0.1) is 5.82 Å². The molecule has 1 fully saturated rings. The summed E-state index contributed by atoms with van der Waals surface area (Å²) in [5, 5.41) is 4.25. The van der Waals surface area contributed by atoms with Crippen LogP contribution in [-0.2, 0) is 13.6 Å². The molecule has 2 aromatic heterocycles. The van der Waals surface area contributed by atoms with E-state index in [4.69, 9.17) is 0 Å². The van der Waals surface area contributed by atoms with E-state index >= 15 is 0 Å². The Morgan fingerprint density at radius 2 is 2.12 bits per heavy atom. The minimum Gasteiger partial charge on any atom is -0.298 e. The Bertz CT molecular complexity index is 891. The molecule has 0 bridgehead atoms. The predicted molar refractivity (Wildman–Crippen MR) is 97.9 cm³/mol. The lowest BCUT2D eigenvalue weighted by molar-refractivity contribution is 0.198. The minimum atomic E-state index is -0.249. The largest absolute Gasteiger partial charge is 0.298 e. The van der Waals surface area contributed by atoms with Crippen molar-refractivity contribution >= 4 is 0 Å². The molecule has 0 spiro atoms. The number of piperidine rings is 1. The van der Waals surface area contributed by atoms with Crippen LogP contribution in [-0.4, -0.2) is 37.7 Å². The first kappa shape index (κ1) is 16.8. The van der Waals surface area contributed by atoms with Gasteiger partial charge in [-0.15, -0.1) is 0 Å². The van der Waals surface area contributed by atoms with E-state index in [0.717, 1.165) is 49.4 Å². The number of halogens is 1. The SMILES string of the molecule is Cn1cc(CN2CCC[C@H](c3nccnc3-c3cccc(F)c3)C2)cn1. The zero-order chi connectivity index (χ0) is 17.9. The molecule has 0 radical (unpaired) electrons. The highest BCUT2D eigenvalue weighted by atomic mass is 19.1. The van der Waals surface area contributed by atoms with Crippen LogP contribution in [0.5, 0.6) is 0 Å². The van der Waals surface area contributed by atoms with Gasteiger partial charge in [-0.05, 0) is 31.5 Å². The van der Waals surface area contributed by atoms with Gasteiger partial charge in [0.2, 0.25) is 0 Å². The molecule has 0 unspecified atom stereocenters. The van der Waals surface area contributed by atoms with E-state index in [-0.39, 0.29) is 5.82 Å². The molecular formula is C20H22FN5. The van der Waals surface area contributed by atoms with Gasteiger partial charge in [-0.1, -0.05) is 12.1 Å². The van der Waals surface area contributed by atoms with Gasteiger partial charge in [-0.25, -0.2) is 4.39 Å². The predicted octanol–water partition coefficient (Wildman–Crippen LogP) is 3.40. The maximum atomic E-state index is 13.7. The summed E-state index contributed by atoms with van der Waals surface area (Å²) >= 11 is 0. The van der Waals surface area contributed by atoms with E-state index in [1.54, 1.807) is 18.5 Å². The van der Waals surface area contributed by atoms with Gasteiger partial charge >= 0.3 is 0 Å². The number of likely N-dealkylation sites (tertiary alicyclic amines) is 1. The molecule has 3 heterocycles. The number of aryl methyl sites for hydroxylation is 1. The van der Waals surface area contributed by atoms with Gasteiger partial charge in [-0.3, -0.25) is 19.5 Å². The van der Waals surface area contributed by atoms with Crippen molar-refractivity contribution in [2.45, 2.75) is 25.3 Å². The zero-order valence-corrected chi connectivity index (χ0v) is 14.8. The van der Waals surface area contributed by atoms with Gasteiger partial charge in [-0.2, -0.15) is 5.10 Å². The number of rotatable bonds is 4. The van der Waals surface area contributed by atoms with Gasteiger partial charge in [0, 0.05) is 55.8 Å². The maximum Gasteiger partial charge on any atom is 0.123 e. The first-order chi connectivity index (χ1) is 12.7. The van der Waals surface area contributed by atoms with E-state index in [2.05, 4.69) is 26.2 Å². The molecular weight excluding hydrogens is 329 g/mol. The second kappa shape index (κ2) is 7.33. The molecule has 0 amide bonds. The summed E-state index contributed by atoms with van der Waals surface area (Å²) in [5.74, 6) is 0.0494. The molecule has 6 heteroatoms. The third kappa shape index (κ3) is 3.65. The normalized spacial score (nSPS) is 18.2.